The lowest BCUT2D eigenvalue weighted by Gasteiger charge is -2.35. The lowest BCUT2D eigenvalue weighted by atomic mass is 9.74. The van der Waals surface area contributed by atoms with Gasteiger partial charge in [0, 0.05) is 22.9 Å². The van der Waals surface area contributed by atoms with Crippen LogP contribution < -0.4 is 5.32 Å². The smallest absolute Gasteiger partial charge is 0.336 e. The van der Waals surface area contributed by atoms with Crippen molar-refractivity contribution in [1.29, 1.82) is 5.26 Å². The number of benzene rings is 1. The van der Waals surface area contributed by atoms with Crippen LogP contribution in [0.2, 0.25) is 0 Å². The third-order valence-corrected chi connectivity index (χ3v) is 6.47. The summed E-state index contributed by atoms with van der Waals surface area (Å²) in [6.45, 7) is 2.57. The number of methoxy groups -OCH3 is 1. The molecule has 12 heteroatoms. The Labute approximate surface area is 199 Å². The molecule has 12 nitrogen and oxygen atoms in total. The number of esters is 1. The van der Waals surface area contributed by atoms with Crippen LogP contribution >= 0.6 is 0 Å². The van der Waals surface area contributed by atoms with Crippen molar-refractivity contribution in [3.63, 3.8) is 0 Å². The number of nitriles is 1. The van der Waals surface area contributed by atoms with Crippen molar-refractivity contribution >= 4 is 11.8 Å². The summed E-state index contributed by atoms with van der Waals surface area (Å²) in [7, 11) is 1.22. The van der Waals surface area contributed by atoms with Crippen molar-refractivity contribution in [3.8, 4) is 6.07 Å². The third-order valence-electron chi connectivity index (χ3n) is 6.47. The largest absolute Gasteiger partial charge is 0.466 e. The van der Waals surface area contributed by atoms with E-state index in [4.69, 9.17) is 19.5 Å². The Bertz CT molecular complexity index is 1180. The van der Waals surface area contributed by atoms with Gasteiger partial charge in [0.1, 0.15) is 12.2 Å². The first-order chi connectivity index (χ1) is 16.6. The minimum atomic E-state index is -2.19. The molecular formula is C23H23N3O9. The summed E-state index contributed by atoms with van der Waals surface area (Å²) in [5.74, 6) is -2.37. The number of hydrogen-bond acceptors (Lipinski definition) is 11. The van der Waals surface area contributed by atoms with E-state index in [1.54, 1.807) is 38.1 Å². The highest BCUT2D eigenvalue weighted by molar-refractivity contribution is 6.07. The molecule has 3 heterocycles. The SMILES string of the molecule is COC(=O)C1=C(C)NC(C)=C(C(=O)[C@]2(O)CO[C@@H]3[C@H](O[N+](=O)[O-])CO[C@@H]32)C1c1ccc(C#N)cc1. The number of ether oxygens (including phenoxy) is 3. The number of dihydropyridines is 1. The Morgan fingerprint density at radius 2 is 1.89 bits per heavy atom. The van der Waals surface area contributed by atoms with E-state index in [0.717, 1.165) is 0 Å². The van der Waals surface area contributed by atoms with Gasteiger partial charge in [-0.15, -0.1) is 10.1 Å². The molecule has 0 spiro atoms. The summed E-state index contributed by atoms with van der Waals surface area (Å²) in [5, 5.41) is 33.5. The quantitative estimate of drug-likeness (QED) is 0.329. The zero-order chi connectivity index (χ0) is 25.5. The number of fused-ring (bicyclic) bond motifs is 1. The summed E-state index contributed by atoms with van der Waals surface area (Å²) in [6, 6.07) is 8.38. The minimum Gasteiger partial charge on any atom is -0.466 e. The number of nitrogens with zero attached hydrogens (tertiary/aromatic N) is 2. The Morgan fingerprint density at radius 3 is 2.49 bits per heavy atom. The number of nitrogens with one attached hydrogen (secondary N) is 1. The summed E-state index contributed by atoms with van der Waals surface area (Å²) in [5.41, 5.74) is -0.185. The van der Waals surface area contributed by atoms with Crippen molar-refractivity contribution in [2.75, 3.05) is 20.3 Å². The molecule has 0 aliphatic carbocycles. The van der Waals surface area contributed by atoms with Crippen LogP contribution in [-0.2, 0) is 28.6 Å². The van der Waals surface area contributed by atoms with E-state index in [1.165, 1.54) is 7.11 Å². The normalized spacial score (nSPS) is 29.8. The summed E-state index contributed by atoms with van der Waals surface area (Å²) in [4.78, 5) is 42.1. The maximum Gasteiger partial charge on any atom is 0.336 e. The Balaban J connectivity index is 1.77. The van der Waals surface area contributed by atoms with Gasteiger partial charge in [0.25, 0.3) is 5.09 Å². The van der Waals surface area contributed by atoms with Crippen LogP contribution in [0.1, 0.15) is 30.9 Å². The second-order valence-corrected chi connectivity index (χ2v) is 8.51. The predicted molar refractivity (Wildman–Crippen MR) is 116 cm³/mol. The average Bonchev–Trinajstić information content (AvgIpc) is 3.39. The number of carbonyl (C=O) groups excluding carboxylic acids is 2. The molecule has 4 rings (SSSR count). The molecule has 0 aromatic heterocycles. The molecule has 2 fully saturated rings. The van der Waals surface area contributed by atoms with Gasteiger partial charge in [-0.1, -0.05) is 12.1 Å². The Morgan fingerprint density at radius 1 is 1.23 bits per heavy atom. The lowest BCUT2D eigenvalue weighted by Crippen LogP contribution is -2.53. The molecule has 5 atom stereocenters. The van der Waals surface area contributed by atoms with Crippen molar-refractivity contribution in [3.05, 3.63) is 68.0 Å². The second kappa shape index (κ2) is 9.10. The van der Waals surface area contributed by atoms with Crippen LogP contribution in [0.5, 0.6) is 0 Å². The topological polar surface area (TPSA) is 170 Å². The maximum atomic E-state index is 14.0. The Hall–Kier alpha value is -3.79. The van der Waals surface area contributed by atoms with Crippen LogP contribution in [0.4, 0.5) is 0 Å². The van der Waals surface area contributed by atoms with E-state index in [9.17, 15) is 24.8 Å². The summed E-state index contributed by atoms with van der Waals surface area (Å²) >= 11 is 0. The van der Waals surface area contributed by atoms with Gasteiger partial charge in [-0.25, -0.2) is 4.79 Å². The van der Waals surface area contributed by atoms with Gasteiger partial charge in [-0.3, -0.25) is 4.79 Å². The molecule has 1 aromatic rings. The maximum absolute atomic E-state index is 14.0. The molecule has 0 amide bonds. The summed E-state index contributed by atoms with van der Waals surface area (Å²) < 4.78 is 16.0. The van der Waals surface area contributed by atoms with Crippen LogP contribution in [0.3, 0.4) is 0 Å². The molecule has 1 unspecified atom stereocenters. The molecule has 2 saturated heterocycles. The van der Waals surface area contributed by atoms with E-state index >= 15 is 0 Å². The lowest BCUT2D eigenvalue weighted by molar-refractivity contribution is -0.769. The van der Waals surface area contributed by atoms with E-state index in [0.29, 0.717) is 22.5 Å². The molecule has 0 saturated carbocycles. The number of allylic oxidation sites excluding steroid dienone is 2. The molecule has 35 heavy (non-hydrogen) atoms. The van der Waals surface area contributed by atoms with Gasteiger partial charge in [-0.05, 0) is 31.5 Å². The average molecular weight is 485 g/mol. The number of rotatable bonds is 6. The minimum absolute atomic E-state index is 0.0784. The van der Waals surface area contributed by atoms with Crippen molar-refractivity contribution in [2.45, 2.75) is 43.7 Å². The molecule has 0 radical (unpaired) electrons. The zero-order valence-corrected chi connectivity index (χ0v) is 19.1. The highest BCUT2D eigenvalue weighted by Gasteiger charge is 2.62. The first kappa shape index (κ1) is 24.3. The molecule has 1 aromatic carbocycles. The van der Waals surface area contributed by atoms with Crippen molar-refractivity contribution < 1.29 is 38.8 Å². The van der Waals surface area contributed by atoms with Gasteiger partial charge in [0.2, 0.25) is 0 Å². The van der Waals surface area contributed by atoms with Crippen LogP contribution in [0.15, 0.2) is 46.8 Å². The first-order valence-electron chi connectivity index (χ1n) is 10.7. The summed E-state index contributed by atoms with van der Waals surface area (Å²) in [6.07, 6.45) is -3.34. The molecule has 0 bridgehead atoms. The fraction of sp³-hybridized carbons (Fsp3) is 0.435. The van der Waals surface area contributed by atoms with Crippen LogP contribution in [-0.4, -0.2) is 66.2 Å². The van der Waals surface area contributed by atoms with Crippen molar-refractivity contribution in [1.82, 2.24) is 5.32 Å². The van der Waals surface area contributed by atoms with E-state index in [2.05, 4.69) is 10.2 Å². The number of aliphatic hydroxyl groups is 1. The van der Waals surface area contributed by atoms with Crippen molar-refractivity contribution in [2.24, 2.45) is 0 Å². The monoisotopic (exact) mass is 485 g/mol. The van der Waals surface area contributed by atoms with Gasteiger partial charge in [0.15, 0.2) is 17.5 Å². The standard InChI is InChI=1S/C23H23N3O9/c1-11-16(20(27)23(29)10-34-19-15(35-26(30)31)9-33-21(19)23)18(14-6-4-13(8-24)5-7-14)17(12(2)25-11)22(28)32-3/h4-7,15,18-19,21,25,29H,9-10H2,1-3H3/t15-,18?,19-,21+,23-/m1/s1. The van der Waals surface area contributed by atoms with E-state index in [-0.39, 0.29) is 17.8 Å². The van der Waals surface area contributed by atoms with E-state index in [1.807, 2.05) is 6.07 Å². The second-order valence-electron chi connectivity index (χ2n) is 8.51. The number of Topliss-reactive ketones (excluding diaryl/α,β-unsaturated/α-hetero) is 1. The molecule has 184 valence electrons. The van der Waals surface area contributed by atoms with E-state index < -0.39 is 53.3 Å². The molecule has 3 aliphatic heterocycles. The fourth-order valence-corrected chi connectivity index (χ4v) is 4.88. The molecular weight excluding hydrogens is 462 g/mol. The van der Waals surface area contributed by atoms with Gasteiger partial charge in [-0.2, -0.15) is 5.26 Å². The zero-order valence-electron chi connectivity index (χ0n) is 19.1. The first-order valence-corrected chi connectivity index (χ1v) is 10.7. The molecule has 3 aliphatic rings. The molecule has 2 N–H and O–H groups in total. The van der Waals surface area contributed by atoms with Gasteiger partial charge < -0.3 is 29.5 Å². The fourth-order valence-electron chi connectivity index (χ4n) is 4.88. The number of hydrogen-bond donors (Lipinski definition) is 2. The number of ketones is 1. The van der Waals surface area contributed by atoms with Crippen LogP contribution in [0.25, 0.3) is 0 Å². The Kier molecular flexibility index (Phi) is 6.33. The third kappa shape index (κ3) is 4.03. The highest BCUT2D eigenvalue weighted by atomic mass is 17.0. The predicted octanol–water partition coefficient (Wildman–Crippen LogP) is 0.641. The van der Waals surface area contributed by atoms with Crippen LogP contribution in [0, 0.1) is 21.4 Å². The van der Waals surface area contributed by atoms with Gasteiger partial charge in [0.05, 0.1) is 37.5 Å². The number of carbonyl (C=O) groups is 2. The van der Waals surface area contributed by atoms with Gasteiger partial charge >= 0.3 is 5.97 Å². The highest BCUT2D eigenvalue weighted by Crippen LogP contribution is 2.44.